The van der Waals surface area contributed by atoms with E-state index in [4.69, 9.17) is 14.2 Å². The van der Waals surface area contributed by atoms with Gasteiger partial charge in [-0.3, -0.25) is 5.10 Å². The molecule has 0 saturated carbocycles. The monoisotopic (exact) mass is 345 g/mol. The van der Waals surface area contributed by atoms with Gasteiger partial charge in [0.25, 0.3) is 0 Å². The quantitative estimate of drug-likeness (QED) is 0.648. The minimum atomic E-state index is 0.311. The van der Waals surface area contributed by atoms with Gasteiger partial charge >= 0.3 is 0 Å². The van der Waals surface area contributed by atoms with Crippen LogP contribution in [0, 0.1) is 0 Å². The molecule has 0 spiro atoms. The Morgan fingerprint density at radius 3 is 2.96 bits per heavy atom. The molecular formula is C19H27N3O3. The summed E-state index contributed by atoms with van der Waals surface area (Å²) in [6.07, 6.45) is 5.47. The SMILES string of the molecule is COc1ccc(-c2[nH]ncc2CNCCCOCC2CCCO2)cc1. The highest BCUT2D eigenvalue weighted by Crippen LogP contribution is 2.23. The van der Waals surface area contributed by atoms with E-state index in [1.54, 1.807) is 7.11 Å². The molecule has 1 atom stereocenters. The second-order valence-corrected chi connectivity index (χ2v) is 6.24. The molecule has 1 fully saturated rings. The number of hydrogen-bond donors (Lipinski definition) is 2. The van der Waals surface area contributed by atoms with Crippen LogP contribution in [-0.4, -0.2) is 49.8 Å². The molecule has 2 aromatic rings. The van der Waals surface area contributed by atoms with Gasteiger partial charge < -0.3 is 19.5 Å². The van der Waals surface area contributed by atoms with Crippen LogP contribution in [0.5, 0.6) is 5.75 Å². The van der Waals surface area contributed by atoms with Gasteiger partial charge in [0.1, 0.15) is 5.75 Å². The van der Waals surface area contributed by atoms with Gasteiger partial charge in [0.05, 0.1) is 31.7 Å². The Hall–Kier alpha value is -1.89. The zero-order valence-electron chi connectivity index (χ0n) is 14.8. The molecule has 1 aromatic carbocycles. The first kappa shape index (κ1) is 17.9. The molecule has 0 radical (unpaired) electrons. The minimum Gasteiger partial charge on any atom is -0.497 e. The molecule has 0 bridgehead atoms. The topological polar surface area (TPSA) is 68.4 Å². The molecule has 1 aliphatic rings. The summed E-state index contributed by atoms with van der Waals surface area (Å²) in [5.74, 6) is 0.853. The molecule has 136 valence electrons. The van der Waals surface area contributed by atoms with E-state index in [-0.39, 0.29) is 0 Å². The van der Waals surface area contributed by atoms with Crippen molar-refractivity contribution >= 4 is 0 Å². The second-order valence-electron chi connectivity index (χ2n) is 6.24. The number of aromatic nitrogens is 2. The molecule has 2 heterocycles. The van der Waals surface area contributed by atoms with Crippen LogP contribution in [0.15, 0.2) is 30.5 Å². The summed E-state index contributed by atoms with van der Waals surface area (Å²) >= 11 is 0. The highest BCUT2D eigenvalue weighted by Gasteiger charge is 2.14. The molecular weight excluding hydrogens is 318 g/mol. The Kier molecular flexibility index (Phi) is 6.85. The third kappa shape index (κ3) is 5.29. The summed E-state index contributed by atoms with van der Waals surface area (Å²) in [6, 6.07) is 7.99. The third-order valence-electron chi connectivity index (χ3n) is 4.38. The molecule has 0 amide bonds. The van der Waals surface area contributed by atoms with Crippen molar-refractivity contribution in [2.45, 2.75) is 31.9 Å². The summed E-state index contributed by atoms with van der Waals surface area (Å²) < 4.78 is 16.4. The normalized spacial score (nSPS) is 17.1. The number of nitrogens with zero attached hydrogens (tertiary/aromatic N) is 1. The van der Waals surface area contributed by atoms with Gasteiger partial charge in [0, 0.05) is 30.9 Å². The Bertz CT molecular complexity index is 621. The van der Waals surface area contributed by atoms with Gasteiger partial charge in [-0.05, 0) is 50.1 Å². The van der Waals surface area contributed by atoms with Crippen LogP contribution in [0.2, 0.25) is 0 Å². The van der Waals surface area contributed by atoms with Crippen molar-refractivity contribution < 1.29 is 14.2 Å². The van der Waals surface area contributed by atoms with Gasteiger partial charge in [-0.15, -0.1) is 0 Å². The van der Waals surface area contributed by atoms with E-state index in [0.717, 1.165) is 74.7 Å². The maximum absolute atomic E-state index is 5.67. The maximum Gasteiger partial charge on any atom is 0.118 e. The van der Waals surface area contributed by atoms with Crippen molar-refractivity contribution in [2.24, 2.45) is 0 Å². The van der Waals surface area contributed by atoms with E-state index in [1.165, 1.54) is 0 Å². The Labute approximate surface area is 148 Å². The Morgan fingerprint density at radius 2 is 2.20 bits per heavy atom. The van der Waals surface area contributed by atoms with Crippen LogP contribution < -0.4 is 10.1 Å². The Balaban J connectivity index is 1.36. The largest absolute Gasteiger partial charge is 0.497 e. The fraction of sp³-hybridized carbons (Fsp3) is 0.526. The first-order valence-corrected chi connectivity index (χ1v) is 8.93. The first-order chi connectivity index (χ1) is 12.4. The molecule has 3 rings (SSSR count). The maximum atomic E-state index is 5.67. The van der Waals surface area contributed by atoms with Crippen LogP contribution in [0.4, 0.5) is 0 Å². The van der Waals surface area contributed by atoms with Crippen LogP contribution in [0.3, 0.4) is 0 Å². The number of benzene rings is 1. The van der Waals surface area contributed by atoms with E-state index in [9.17, 15) is 0 Å². The predicted octanol–water partition coefficient (Wildman–Crippen LogP) is 2.76. The lowest BCUT2D eigenvalue weighted by Gasteiger charge is -2.10. The van der Waals surface area contributed by atoms with Crippen molar-refractivity contribution in [1.82, 2.24) is 15.5 Å². The van der Waals surface area contributed by atoms with Crippen molar-refractivity contribution in [3.63, 3.8) is 0 Å². The lowest BCUT2D eigenvalue weighted by Crippen LogP contribution is -2.19. The molecule has 1 aromatic heterocycles. The number of H-pyrrole nitrogens is 1. The standard InChI is InChI=1S/C19H27N3O3/c1-23-17-7-5-15(6-8-17)19-16(13-21-22-19)12-20-9-3-10-24-14-18-4-2-11-25-18/h5-8,13,18,20H,2-4,9-12,14H2,1H3,(H,21,22). The average molecular weight is 345 g/mol. The highest BCUT2D eigenvalue weighted by molar-refractivity contribution is 5.63. The number of aromatic amines is 1. The molecule has 2 N–H and O–H groups in total. The lowest BCUT2D eigenvalue weighted by atomic mass is 10.1. The molecule has 6 heteroatoms. The van der Waals surface area contributed by atoms with Crippen LogP contribution in [0.25, 0.3) is 11.3 Å². The zero-order valence-corrected chi connectivity index (χ0v) is 14.8. The smallest absolute Gasteiger partial charge is 0.118 e. The van der Waals surface area contributed by atoms with E-state index in [1.807, 2.05) is 30.5 Å². The van der Waals surface area contributed by atoms with E-state index in [0.29, 0.717) is 6.10 Å². The summed E-state index contributed by atoms with van der Waals surface area (Å²) in [7, 11) is 1.67. The zero-order chi connectivity index (χ0) is 17.3. The first-order valence-electron chi connectivity index (χ1n) is 8.93. The number of ether oxygens (including phenoxy) is 3. The summed E-state index contributed by atoms with van der Waals surface area (Å²) in [5, 5.41) is 10.7. The summed E-state index contributed by atoms with van der Waals surface area (Å²) in [6.45, 7) is 4.08. The van der Waals surface area contributed by atoms with Gasteiger partial charge in [0.2, 0.25) is 0 Å². The van der Waals surface area contributed by atoms with E-state index in [2.05, 4.69) is 15.5 Å². The van der Waals surface area contributed by atoms with Gasteiger partial charge in [-0.25, -0.2) is 0 Å². The van der Waals surface area contributed by atoms with Crippen LogP contribution in [0.1, 0.15) is 24.8 Å². The molecule has 25 heavy (non-hydrogen) atoms. The summed E-state index contributed by atoms with van der Waals surface area (Å²) in [5.41, 5.74) is 3.31. The number of nitrogens with one attached hydrogen (secondary N) is 2. The highest BCUT2D eigenvalue weighted by atomic mass is 16.5. The molecule has 6 nitrogen and oxygen atoms in total. The predicted molar refractivity (Wildman–Crippen MR) is 96.7 cm³/mol. The number of methoxy groups -OCH3 is 1. The van der Waals surface area contributed by atoms with Crippen molar-refractivity contribution in [3.05, 3.63) is 36.0 Å². The Morgan fingerprint density at radius 1 is 1.32 bits per heavy atom. The van der Waals surface area contributed by atoms with Gasteiger partial charge in [-0.1, -0.05) is 0 Å². The van der Waals surface area contributed by atoms with Crippen molar-refractivity contribution in [3.8, 4) is 17.0 Å². The molecule has 0 aliphatic carbocycles. The number of rotatable bonds is 10. The molecule has 1 saturated heterocycles. The lowest BCUT2D eigenvalue weighted by molar-refractivity contribution is 0.0166. The minimum absolute atomic E-state index is 0.311. The number of hydrogen-bond acceptors (Lipinski definition) is 5. The van der Waals surface area contributed by atoms with Crippen LogP contribution in [-0.2, 0) is 16.0 Å². The van der Waals surface area contributed by atoms with Crippen molar-refractivity contribution in [1.29, 1.82) is 0 Å². The molecule has 1 unspecified atom stereocenters. The van der Waals surface area contributed by atoms with Crippen molar-refractivity contribution in [2.75, 3.05) is 33.5 Å². The van der Waals surface area contributed by atoms with Gasteiger partial charge in [0.15, 0.2) is 0 Å². The fourth-order valence-electron chi connectivity index (χ4n) is 2.97. The average Bonchev–Trinajstić information content (AvgIpc) is 3.33. The van der Waals surface area contributed by atoms with Gasteiger partial charge in [-0.2, -0.15) is 5.10 Å². The van der Waals surface area contributed by atoms with E-state index >= 15 is 0 Å². The fourth-order valence-corrected chi connectivity index (χ4v) is 2.97. The molecule has 1 aliphatic heterocycles. The second kappa shape index (κ2) is 9.56. The third-order valence-corrected chi connectivity index (χ3v) is 4.38. The van der Waals surface area contributed by atoms with Crippen LogP contribution >= 0.6 is 0 Å². The summed E-state index contributed by atoms with van der Waals surface area (Å²) in [4.78, 5) is 0. The van der Waals surface area contributed by atoms with E-state index < -0.39 is 0 Å².